The Bertz CT molecular complexity index is 518. The first-order valence-corrected chi connectivity index (χ1v) is 5.67. The molecule has 0 fully saturated rings. The minimum Gasteiger partial charge on any atom is -0.452 e. The standard InChI is InChI=1S/C11H12ClN3O2/c1-2-3-7-6-9(15-14-7)13-11(16)8-4-5-17-10(8)12/h4-6H,2-3H2,1H3,(H2,13,14,15,16). The summed E-state index contributed by atoms with van der Waals surface area (Å²) in [6.07, 6.45) is 3.28. The number of nitrogens with one attached hydrogen (secondary N) is 2. The fourth-order valence-electron chi connectivity index (χ4n) is 1.46. The fraction of sp³-hybridized carbons (Fsp3) is 0.273. The molecule has 2 rings (SSSR count). The molecule has 2 heterocycles. The Kier molecular flexibility index (Phi) is 3.49. The van der Waals surface area contributed by atoms with Gasteiger partial charge in [-0.2, -0.15) is 5.10 Å². The summed E-state index contributed by atoms with van der Waals surface area (Å²) in [5, 5.41) is 9.55. The number of rotatable bonds is 4. The zero-order valence-electron chi connectivity index (χ0n) is 9.29. The van der Waals surface area contributed by atoms with Crippen molar-refractivity contribution in [2.45, 2.75) is 19.8 Å². The van der Waals surface area contributed by atoms with Crippen LogP contribution in [0.15, 0.2) is 22.8 Å². The van der Waals surface area contributed by atoms with Crippen molar-refractivity contribution in [2.24, 2.45) is 0 Å². The first kappa shape index (κ1) is 11.7. The van der Waals surface area contributed by atoms with Crippen LogP contribution in [0.4, 0.5) is 5.82 Å². The lowest BCUT2D eigenvalue weighted by Gasteiger charge is -1.98. The molecule has 5 nitrogen and oxygen atoms in total. The quantitative estimate of drug-likeness (QED) is 0.880. The lowest BCUT2D eigenvalue weighted by molar-refractivity contribution is 0.102. The van der Waals surface area contributed by atoms with Gasteiger partial charge in [-0.05, 0) is 24.1 Å². The fourth-order valence-corrected chi connectivity index (χ4v) is 1.66. The van der Waals surface area contributed by atoms with Crippen LogP contribution < -0.4 is 5.32 Å². The molecule has 0 bridgehead atoms. The van der Waals surface area contributed by atoms with Crippen LogP contribution in [-0.4, -0.2) is 16.1 Å². The molecular weight excluding hydrogens is 242 g/mol. The van der Waals surface area contributed by atoms with E-state index in [4.69, 9.17) is 16.0 Å². The van der Waals surface area contributed by atoms with Crippen molar-refractivity contribution in [1.29, 1.82) is 0 Å². The van der Waals surface area contributed by atoms with E-state index in [2.05, 4.69) is 22.4 Å². The number of anilines is 1. The van der Waals surface area contributed by atoms with E-state index in [-0.39, 0.29) is 11.1 Å². The van der Waals surface area contributed by atoms with Crippen LogP contribution >= 0.6 is 11.6 Å². The molecule has 17 heavy (non-hydrogen) atoms. The third-order valence-electron chi connectivity index (χ3n) is 2.25. The smallest absolute Gasteiger partial charge is 0.261 e. The summed E-state index contributed by atoms with van der Waals surface area (Å²) in [4.78, 5) is 11.8. The lowest BCUT2D eigenvalue weighted by Crippen LogP contribution is -2.11. The zero-order valence-corrected chi connectivity index (χ0v) is 10.0. The summed E-state index contributed by atoms with van der Waals surface area (Å²) in [7, 11) is 0. The normalized spacial score (nSPS) is 10.5. The van der Waals surface area contributed by atoms with Gasteiger partial charge in [0.05, 0.1) is 11.8 Å². The Morgan fingerprint density at radius 2 is 2.47 bits per heavy atom. The monoisotopic (exact) mass is 253 g/mol. The molecule has 2 N–H and O–H groups in total. The van der Waals surface area contributed by atoms with Crippen molar-refractivity contribution in [3.8, 4) is 0 Å². The summed E-state index contributed by atoms with van der Waals surface area (Å²) in [6.45, 7) is 2.07. The zero-order chi connectivity index (χ0) is 12.3. The third-order valence-corrected chi connectivity index (χ3v) is 2.55. The summed E-state index contributed by atoms with van der Waals surface area (Å²) < 4.78 is 4.84. The van der Waals surface area contributed by atoms with Crippen molar-refractivity contribution < 1.29 is 9.21 Å². The Labute approximate surface area is 103 Å². The van der Waals surface area contributed by atoms with E-state index in [0.717, 1.165) is 18.5 Å². The molecule has 0 radical (unpaired) electrons. The van der Waals surface area contributed by atoms with Crippen LogP contribution in [0.2, 0.25) is 5.22 Å². The number of aryl methyl sites for hydroxylation is 1. The molecule has 0 aliphatic heterocycles. The minimum atomic E-state index is -0.335. The highest BCUT2D eigenvalue weighted by atomic mass is 35.5. The number of hydrogen-bond acceptors (Lipinski definition) is 3. The van der Waals surface area contributed by atoms with Gasteiger partial charge in [-0.3, -0.25) is 9.89 Å². The molecule has 0 aliphatic carbocycles. The number of hydrogen-bond donors (Lipinski definition) is 2. The van der Waals surface area contributed by atoms with Gasteiger partial charge < -0.3 is 9.73 Å². The minimum absolute atomic E-state index is 0.0758. The average molecular weight is 254 g/mol. The number of H-pyrrole nitrogens is 1. The van der Waals surface area contributed by atoms with Gasteiger partial charge in [0.1, 0.15) is 0 Å². The molecule has 0 unspecified atom stereocenters. The maximum atomic E-state index is 11.8. The molecule has 0 aliphatic rings. The van der Waals surface area contributed by atoms with Crippen molar-refractivity contribution in [1.82, 2.24) is 10.2 Å². The first-order valence-electron chi connectivity index (χ1n) is 5.29. The lowest BCUT2D eigenvalue weighted by atomic mass is 10.2. The van der Waals surface area contributed by atoms with E-state index in [0.29, 0.717) is 11.4 Å². The van der Waals surface area contributed by atoms with Crippen LogP contribution in [0.5, 0.6) is 0 Å². The van der Waals surface area contributed by atoms with Gasteiger partial charge in [0.25, 0.3) is 5.91 Å². The van der Waals surface area contributed by atoms with Gasteiger partial charge in [0.15, 0.2) is 5.82 Å². The van der Waals surface area contributed by atoms with Crippen LogP contribution in [0.25, 0.3) is 0 Å². The predicted octanol–water partition coefficient (Wildman–Crippen LogP) is 2.86. The number of furan rings is 1. The molecule has 90 valence electrons. The summed E-state index contributed by atoms with van der Waals surface area (Å²) in [5.41, 5.74) is 1.28. The number of aromatic amines is 1. The van der Waals surface area contributed by atoms with E-state index >= 15 is 0 Å². The van der Waals surface area contributed by atoms with Crippen LogP contribution in [0.1, 0.15) is 29.4 Å². The Hall–Kier alpha value is -1.75. The summed E-state index contributed by atoms with van der Waals surface area (Å²) in [6, 6.07) is 3.31. The maximum Gasteiger partial charge on any atom is 0.261 e. The molecule has 6 heteroatoms. The second-order valence-corrected chi connectivity index (χ2v) is 3.93. The SMILES string of the molecule is CCCc1cc(NC(=O)c2ccoc2Cl)n[nH]1. The number of carbonyl (C=O) groups is 1. The molecule has 0 atom stereocenters. The van der Waals surface area contributed by atoms with E-state index in [1.54, 1.807) is 6.07 Å². The molecule has 1 amide bonds. The second kappa shape index (κ2) is 5.05. The number of amides is 1. The summed E-state index contributed by atoms with van der Waals surface area (Å²) >= 11 is 5.70. The van der Waals surface area contributed by atoms with Crippen molar-refractivity contribution in [2.75, 3.05) is 5.32 Å². The number of aromatic nitrogens is 2. The van der Waals surface area contributed by atoms with Gasteiger partial charge >= 0.3 is 0 Å². The molecule has 0 aromatic carbocycles. The van der Waals surface area contributed by atoms with E-state index in [1.807, 2.05) is 0 Å². The molecule has 2 aromatic heterocycles. The van der Waals surface area contributed by atoms with Crippen molar-refractivity contribution in [3.05, 3.63) is 34.9 Å². The molecule has 0 saturated carbocycles. The van der Waals surface area contributed by atoms with Crippen molar-refractivity contribution >= 4 is 23.3 Å². The van der Waals surface area contributed by atoms with E-state index in [1.165, 1.54) is 12.3 Å². The third kappa shape index (κ3) is 2.68. The highest BCUT2D eigenvalue weighted by Crippen LogP contribution is 2.18. The van der Waals surface area contributed by atoms with Crippen LogP contribution in [0.3, 0.4) is 0 Å². The number of carbonyl (C=O) groups excluding carboxylic acids is 1. The molecule has 0 spiro atoms. The predicted molar refractivity (Wildman–Crippen MR) is 64.3 cm³/mol. The van der Waals surface area contributed by atoms with E-state index < -0.39 is 0 Å². The van der Waals surface area contributed by atoms with Gasteiger partial charge in [0, 0.05) is 11.8 Å². The Balaban J connectivity index is 2.05. The number of halogens is 1. The van der Waals surface area contributed by atoms with Gasteiger partial charge in [-0.15, -0.1) is 0 Å². The maximum absolute atomic E-state index is 11.8. The average Bonchev–Trinajstić information content (AvgIpc) is 2.88. The first-order chi connectivity index (χ1) is 8.20. The largest absolute Gasteiger partial charge is 0.452 e. The highest BCUT2D eigenvalue weighted by molar-refractivity contribution is 6.32. The summed E-state index contributed by atoms with van der Waals surface area (Å²) in [5.74, 6) is 0.147. The highest BCUT2D eigenvalue weighted by Gasteiger charge is 2.14. The topological polar surface area (TPSA) is 70.9 Å². The van der Waals surface area contributed by atoms with Gasteiger partial charge in [0.2, 0.25) is 5.22 Å². The van der Waals surface area contributed by atoms with Gasteiger partial charge in [-0.1, -0.05) is 13.3 Å². The molecule has 2 aromatic rings. The van der Waals surface area contributed by atoms with Crippen LogP contribution in [0, 0.1) is 0 Å². The Morgan fingerprint density at radius 1 is 1.65 bits per heavy atom. The molecular formula is C11H12ClN3O2. The second-order valence-electron chi connectivity index (χ2n) is 3.59. The van der Waals surface area contributed by atoms with Crippen LogP contribution in [-0.2, 0) is 6.42 Å². The van der Waals surface area contributed by atoms with Gasteiger partial charge in [-0.25, -0.2) is 0 Å². The number of nitrogens with zero attached hydrogens (tertiary/aromatic N) is 1. The van der Waals surface area contributed by atoms with Crippen molar-refractivity contribution in [3.63, 3.8) is 0 Å². The van der Waals surface area contributed by atoms with E-state index in [9.17, 15) is 4.79 Å². The Morgan fingerprint density at radius 3 is 3.12 bits per heavy atom. The molecule has 0 saturated heterocycles.